The first-order valence-electron chi connectivity index (χ1n) is 6.57. The Hall–Kier alpha value is -1.38. The monoisotopic (exact) mass is 276 g/mol. The average Bonchev–Trinajstić information content (AvgIpc) is 3.02. The highest BCUT2D eigenvalue weighted by molar-refractivity contribution is 7.88. The number of sulfonamides is 1. The molecule has 2 atom stereocenters. The zero-order valence-electron chi connectivity index (χ0n) is 10.6. The standard InChI is InChI=1S/C14H16N2O2S/c15-8-11-1-3-12(4-2-11)10-19(17,18)16-9-13-5-6-14(16)7-13/h1-4,13-14H,5-7,9-10H2. The SMILES string of the molecule is N#Cc1ccc(CS(=O)(=O)N2CC3CCC2C3)cc1. The maximum Gasteiger partial charge on any atom is 0.218 e. The lowest BCUT2D eigenvalue weighted by atomic mass is 10.1. The first-order chi connectivity index (χ1) is 9.08. The van der Waals surface area contributed by atoms with Crippen molar-refractivity contribution in [3.63, 3.8) is 0 Å². The van der Waals surface area contributed by atoms with Gasteiger partial charge in [-0.15, -0.1) is 0 Å². The number of hydrogen-bond donors (Lipinski definition) is 0. The van der Waals surface area contributed by atoms with Crippen LogP contribution < -0.4 is 0 Å². The normalized spacial score (nSPS) is 26.5. The first kappa shape index (κ1) is 12.6. The van der Waals surface area contributed by atoms with Gasteiger partial charge < -0.3 is 0 Å². The van der Waals surface area contributed by atoms with E-state index in [1.807, 2.05) is 6.07 Å². The number of fused-ring (bicyclic) bond motifs is 2. The van der Waals surface area contributed by atoms with E-state index in [2.05, 4.69) is 0 Å². The van der Waals surface area contributed by atoms with Gasteiger partial charge in [0.2, 0.25) is 10.0 Å². The minimum atomic E-state index is -3.21. The molecule has 2 fully saturated rings. The Bertz CT molecular complexity index is 616. The molecular formula is C14H16N2O2S. The number of nitrogens with zero attached hydrogens (tertiary/aromatic N) is 2. The number of hydrogen-bond acceptors (Lipinski definition) is 3. The Morgan fingerprint density at radius 2 is 2.00 bits per heavy atom. The molecule has 1 aliphatic carbocycles. The van der Waals surface area contributed by atoms with E-state index in [4.69, 9.17) is 5.26 Å². The summed E-state index contributed by atoms with van der Waals surface area (Å²) in [6, 6.07) is 9.05. The van der Waals surface area contributed by atoms with Crippen molar-refractivity contribution in [1.29, 1.82) is 5.26 Å². The van der Waals surface area contributed by atoms with Crippen molar-refractivity contribution in [2.24, 2.45) is 5.92 Å². The molecular weight excluding hydrogens is 260 g/mol. The predicted molar refractivity (Wildman–Crippen MR) is 71.6 cm³/mol. The van der Waals surface area contributed by atoms with Crippen LogP contribution in [0.4, 0.5) is 0 Å². The molecule has 100 valence electrons. The van der Waals surface area contributed by atoms with Crippen LogP contribution in [-0.2, 0) is 15.8 Å². The second-order valence-electron chi connectivity index (χ2n) is 5.47. The maximum atomic E-state index is 12.4. The van der Waals surface area contributed by atoms with Crippen molar-refractivity contribution < 1.29 is 8.42 Å². The highest BCUT2D eigenvalue weighted by atomic mass is 32.2. The Balaban J connectivity index is 1.76. The number of rotatable bonds is 3. The molecule has 1 saturated carbocycles. The molecule has 0 N–H and O–H groups in total. The van der Waals surface area contributed by atoms with Gasteiger partial charge in [-0.25, -0.2) is 8.42 Å². The van der Waals surface area contributed by atoms with Crippen molar-refractivity contribution in [3.8, 4) is 6.07 Å². The molecule has 2 unspecified atom stereocenters. The summed E-state index contributed by atoms with van der Waals surface area (Å²) in [5, 5.41) is 8.73. The van der Waals surface area contributed by atoms with Crippen molar-refractivity contribution in [3.05, 3.63) is 35.4 Å². The van der Waals surface area contributed by atoms with Gasteiger partial charge in [0.05, 0.1) is 17.4 Å². The van der Waals surface area contributed by atoms with Gasteiger partial charge in [0, 0.05) is 12.6 Å². The second kappa shape index (κ2) is 4.62. The van der Waals surface area contributed by atoms with E-state index >= 15 is 0 Å². The van der Waals surface area contributed by atoms with Crippen LogP contribution in [0.15, 0.2) is 24.3 Å². The van der Waals surface area contributed by atoms with Gasteiger partial charge in [0.25, 0.3) is 0 Å². The molecule has 0 spiro atoms. The molecule has 3 rings (SSSR count). The van der Waals surface area contributed by atoms with E-state index in [0.717, 1.165) is 18.4 Å². The summed E-state index contributed by atoms with van der Waals surface area (Å²) in [7, 11) is -3.21. The summed E-state index contributed by atoms with van der Waals surface area (Å²) < 4.78 is 26.5. The Morgan fingerprint density at radius 1 is 1.26 bits per heavy atom. The summed E-state index contributed by atoms with van der Waals surface area (Å²) in [6.45, 7) is 0.698. The van der Waals surface area contributed by atoms with Crippen LogP contribution >= 0.6 is 0 Å². The lowest BCUT2D eigenvalue weighted by molar-refractivity contribution is 0.333. The molecule has 0 aromatic heterocycles. The van der Waals surface area contributed by atoms with E-state index in [0.29, 0.717) is 18.0 Å². The number of piperidine rings is 1. The van der Waals surface area contributed by atoms with Crippen LogP contribution in [-0.4, -0.2) is 25.3 Å². The Kier molecular flexibility index (Phi) is 3.08. The topological polar surface area (TPSA) is 61.2 Å². The van der Waals surface area contributed by atoms with E-state index < -0.39 is 10.0 Å². The third-order valence-corrected chi connectivity index (χ3v) is 6.01. The van der Waals surface area contributed by atoms with Crippen molar-refractivity contribution in [2.75, 3.05) is 6.54 Å². The van der Waals surface area contributed by atoms with E-state index in [1.54, 1.807) is 28.6 Å². The average molecular weight is 276 g/mol. The van der Waals surface area contributed by atoms with Gasteiger partial charge in [0.15, 0.2) is 0 Å². The molecule has 2 aliphatic rings. The quantitative estimate of drug-likeness (QED) is 0.846. The smallest absolute Gasteiger partial charge is 0.212 e. The lowest BCUT2D eigenvalue weighted by Gasteiger charge is -2.26. The maximum absolute atomic E-state index is 12.4. The molecule has 1 saturated heterocycles. The Morgan fingerprint density at radius 3 is 2.53 bits per heavy atom. The van der Waals surface area contributed by atoms with Crippen LogP contribution in [0.3, 0.4) is 0 Å². The predicted octanol–water partition coefficient (Wildman–Crippen LogP) is 1.87. The van der Waals surface area contributed by atoms with Crippen molar-refractivity contribution in [2.45, 2.75) is 31.1 Å². The summed E-state index contributed by atoms with van der Waals surface area (Å²) in [4.78, 5) is 0. The fourth-order valence-electron chi connectivity index (χ4n) is 3.19. The lowest BCUT2D eigenvalue weighted by Crippen LogP contribution is -2.38. The van der Waals surface area contributed by atoms with E-state index in [9.17, 15) is 8.42 Å². The second-order valence-corrected chi connectivity index (χ2v) is 7.39. The third kappa shape index (κ3) is 2.38. The fraction of sp³-hybridized carbons (Fsp3) is 0.500. The van der Waals surface area contributed by atoms with Gasteiger partial charge in [-0.1, -0.05) is 12.1 Å². The Labute approximate surface area is 113 Å². The molecule has 1 aromatic carbocycles. The van der Waals surface area contributed by atoms with Crippen LogP contribution in [0, 0.1) is 17.2 Å². The zero-order valence-corrected chi connectivity index (χ0v) is 11.4. The summed E-state index contributed by atoms with van der Waals surface area (Å²) in [5.74, 6) is 0.614. The van der Waals surface area contributed by atoms with Gasteiger partial charge >= 0.3 is 0 Å². The molecule has 1 heterocycles. The highest BCUT2D eigenvalue weighted by Gasteiger charge is 2.43. The van der Waals surface area contributed by atoms with Crippen molar-refractivity contribution >= 4 is 10.0 Å². The van der Waals surface area contributed by atoms with Gasteiger partial charge in [-0.3, -0.25) is 0 Å². The molecule has 1 aliphatic heterocycles. The van der Waals surface area contributed by atoms with Gasteiger partial charge in [-0.2, -0.15) is 9.57 Å². The van der Waals surface area contributed by atoms with Crippen molar-refractivity contribution in [1.82, 2.24) is 4.31 Å². The molecule has 0 radical (unpaired) electrons. The minimum absolute atomic E-state index is 0.0436. The number of benzene rings is 1. The highest BCUT2D eigenvalue weighted by Crippen LogP contribution is 2.39. The van der Waals surface area contributed by atoms with Crippen LogP contribution in [0.25, 0.3) is 0 Å². The summed E-state index contributed by atoms with van der Waals surface area (Å²) in [5.41, 5.74) is 1.31. The zero-order chi connectivity index (χ0) is 13.5. The summed E-state index contributed by atoms with van der Waals surface area (Å²) in [6.07, 6.45) is 3.22. The largest absolute Gasteiger partial charge is 0.218 e. The first-order valence-corrected chi connectivity index (χ1v) is 8.18. The van der Waals surface area contributed by atoms with Crippen LogP contribution in [0.2, 0.25) is 0 Å². The molecule has 4 nitrogen and oxygen atoms in total. The fourth-order valence-corrected chi connectivity index (χ4v) is 5.05. The molecule has 19 heavy (non-hydrogen) atoms. The van der Waals surface area contributed by atoms with Crippen LogP contribution in [0.1, 0.15) is 30.4 Å². The summed E-state index contributed by atoms with van der Waals surface area (Å²) >= 11 is 0. The van der Waals surface area contributed by atoms with Gasteiger partial charge in [0.1, 0.15) is 0 Å². The van der Waals surface area contributed by atoms with E-state index in [-0.39, 0.29) is 11.8 Å². The number of nitriles is 1. The van der Waals surface area contributed by atoms with Crippen LogP contribution in [0.5, 0.6) is 0 Å². The third-order valence-electron chi connectivity index (χ3n) is 4.15. The molecule has 0 amide bonds. The van der Waals surface area contributed by atoms with Gasteiger partial charge in [-0.05, 0) is 42.9 Å². The van der Waals surface area contributed by atoms with E-state index in [1.165, 1.54) is 6.42 Å². The minimum Gasteiger partial charge on any atom is -0.212 e. The molecule has 5 heteroatoms. The molecule has 2 bridgehead atoms. The molecule has 1 aromatic rings.